The van der Waals surface area contributed by atoms with Crippen LogP contribution in [0.3, 0.4) is 0 Å². The van der Waals surface area contributed by atoms with E-state index in [1.807, 2.05) is 24.3 Å². The summed E-state index contributed by atoms with van der Waals surface area (Å²) in [6, 6.07) is 7.63. The first-order valence-electron chi connectivity index (χ1n) is 9.89. The molecule has 6 nitrogen and oxygen atoms in total. The van der Waals surface area contributed by atoms with Gasteiger partial charge < -0.3 is 5.32 Å². The van der Waals surface area contributed by atoms with Gasteiger partial charge in [0.25, 0.3) is 5.91 Å². The van der Waals surface area contributed by atoms with Crippen molar-refractivity contribution in [1.82, 2.24) is 15.7 Å². The van der Waals surface area contributed by atoms with Gasteiger partial charge in [-0.15, -0.1) is 0 Å². The predicted octanol–water partition coefficient (Wildman–Crippen LogP) is 2.30. The number of amides is 1. The van der Waals surface area contributed by atoms with Crippen LogP contribution in [0.2, 0.25) is 0 Å². The molecule has 3 rings (SSSR count). The summed E-state index contributed by atoms with van der Waals surface area (Å²) in [7, 11) is 0. The second-order valence-electron chi connectivity index (χ2n) is 7.40. The smallest absolute Gasteiger partial charge is 0.267 e. The topological polar surface area (TPSA) is 81.7 Å². The highest BCUT2D eigenvalue weighted by molar-refractivity contribution is 5.91. The van der Waals surface area contributed by atoms with Gasteiger partial charge in [-0.2, -0.15) is 0 Å². The van der Waals surface area contributed by atoms with E-state index < -0.39 is 5.91 Å². The molecule has 0 spiro atoms. The molecule has 0 radical (unpaired) electrons. The summed E-state index contributed by atoms with van der Waals surface area (Å²) < 4.78 is 0. The monoisotopic (exact) mass is 371 g/mol. The fourth-order valence-electron chi connectivity index (χ4n) is 4.10. The van der Waals surface area contributed by atoms with Gasteiger partial charge >= 0.3 is 0 Å². The highest BCUT2D eigenvalue weighted by atomic mass is 16.5. The standard InChI is InChI=1S/C21H29N3O3/c25-19(23-27)11-8-16-6-9-17(10-7-16)20(24-14-12-22-13-15-24)21(26)18-4-2-1-3-5-18/h6-11,18,20,22,27H,1-5,12-15H2,(H,23,25). The fraction of sp³-hybridized carbons (Fsp3) is 0.524. The zero-order valence-corrected chi connectivity index (χ0v) is 15.7. The molecule has 1 heterocycles. The van der Waals surface area contributed by atoms with E-state index in [2.05, 4.69) is 10.2 Å². The molecule has 3 N–H and O–H groups in total. The molecule has 6 heteroatoms. The highest BCUT2D eigenvalue weighted by Crippen LogP contribution is 2.32. The van der Waals surface area contributed by atoms with E-state index >= 15 is 0 Å². The Labute approximate surface area is 160 Å². The predicted molar refractivity (Wildman–Crippen MR) is 104 cm³/mol. The summed E-state index contributed by atoms with van der Waals surface area (Å²) in [5, 5.41) is 11.9. The Hall–Kier alpha value is -2.02. The number of hydroxylamine groups is 1. The second-order valence-corrected chi connectivity index (χ2v) is 7.40. The molecular formula is C21H29N3O3. The summed E-state index contributed by atoms with van der Waals surface area (Å²) in [4.78, 5) is 26.8. The normalized spacial score (nSPS) is 20.5. The van der Waals surface area contributed by atoms with Crippen molar-refractivity contribution in [3.63, 3.8) is 0 Å². The maximum Gasteiger partial charge on any atom is 0.267 e. The highest BCUT2D eigenvalue weighted by Gasteiger charge is 2.33. The number of carbonyl (C=O) groups excluding carboxylic acids is 2. The lowest BCUT2D eigenvalue weighted by molar-refractivity contribution is -0.129. The molecular weight excluding hydrogens is 342 g/mol. The Morgan fingerprint density at radius 3 is 2.41 bits per heavy atom. The molecule has 1 aliphatic heterocycles. The zero-order chi connectivity index (χ0) is 19.1. The zero-order valence-electron chi connectivity index (χ0n) is 15.7. The molecule has 1 aromatic rings. The molecule has 1 atom stereocenters. The maximum atomic E-state index is 13.4. The molecule has 1 saturated heterocycles. The second kappa shape index (κ2) is 9.78. The van der Waals surface area contributed by atoms with Crippen molar-refractivity contribution in [2.75, 3.05) is 26.2 Å². The van der Waals surface area contributed by atoms with Crippen molar-refractivity contribution in [1.29, 1.82) is 0 Å². The van der Waals surface area contributed by atoms with Crippen LogP contribution in [0.5, 0.6) is 0 Å². The molecule has 27 heavy (non-hydrogen) atoms. The van der Waals surface area contributed by atoms with E-state index in [-0.39, 0.29) is 12.0 Å². The summed E-state index contributed by atoms with van der Waals surface area (Å²) in [6.07, 6.45) is 8.48. The minimum Gasteiger partial charge on any atom is -0.314 e. The first-order chi connectivity index (χ1) is 13.2. The third-order valence-corrected chi connectivity index (χ3v) is 5.58. The van der Waals surface area contributed by atoms with E-state index in [4.69, 9.17) is 5.21 Å². The summed E-state index contributed by atoms with van der Waals surface area (Å²) in [6.45, 7) is 3.57. The van der Waals surface area contributed by atoms with Crippen molar-refractivity contribution in [2.45, 2.75) is 38.1 Å². The first-order valence-corrected chi connectivity index (χ1v) is 9.89. The Bertz CT molecular complexity index is 660. The van der Waals surface area contributed by atoms with Gasteiger partial charge in [-0.3, -0.25) is 19.7 Å². The number of piperazine rings is 1. The molecule has 1 amide bonds. The number of hydrogen-bond acceptors (Lipinski definition) is 5. The third-order valence-electron chi connectivity index (χ3n) is 5.58. The lowest BCUT2D eigenvalue weighted by Gasteiger charge is -2.36. The molecule has 2 fully saturated rings. The Kier molecular flexibility index (Phi) is 7.15. The quantitative estimate of drug-likeness (QED) is 0.406. The molecule has 1 saturated carbocycles. The van der Waals surface area contributed by atoms with Crippen LogP contribution in [0.15, 0.2) is 30.3 Å². The van der Waals surface area contributed by atoms with Crippen molar-refractivity contribution < 1.29 is 14.8 Å². The minimum atomic E-state index is -0.565. The average Bonchev–Trinajstić information content (AvgIpc) is 2.74. The van der Waals surface area contributed by atoms with Crippen LogP contribution >= 0.6 is 0 Å². The third kappa shape index (κ3) is 5.25. The first kappa shape index (κ1) is 19.7. The number of ketones is 1. The van der Waals surface area contributed by atoms with E-state index in [9.17, 15) is 9.59 Å². The van der Waals surface area contributed by atoms with Gasteiger partial charge in [-0.25, -0.2) is 5.48 Å². The van der Waals surface area contributed by atoms with E-state index in [1.54, 1.807) is 11.6 Å². The molecule has 2 aliphatic rings. The number of rotatable bonds is 6. The number of benzene rings is 1. The van der Waals surface area contributed by atoms with Gasteiger partial charge in [0.05, 0.1) is 6.04 Å². The van der Waals surface area contributed by atoms with Crippen LogP contribution in [0.25, 0.3) is 6.08 Å². The SMILES string of the molecule is O=C(C=Cc1ccc(C(C(=O)C2CCCCC2)N2CCNCC2)cc1)NO. The molecule has 1 aliphatic carbocycles. The molecule has 0 aromatic heterocycles. The van der Waals surface area contributed by atoms with Gasteiger partial charge in [0, 0.05) is 38.2 Å². The van der Waals surface area contributed by atoms with Gasteiger partial charge in [0.2, 0.25) is 0 Å². The van der Waals surface area contributed by atoms with E-state index in [0.717, 1.165) is 63.0 Å². The summed E-state index contributed by atoms with van der Waals surface area (Å²) >= 11 is 0. The lowest BCUT2D eigenvalue weighted by atomic mass is 9.81. The van der Waals surface area contributed by atoms with Crippen LogP contribution in [-0.4, -0.2) is 48.0 Å². The van der Waals surface area contributed by atoms with E-state index in [0.29, 0.717) is 5.78 Å². The fourth-order valence-corrected chi connectivity index (χ4v) is 4.10. The number of hydrogen-bond donors (Lipinski definition) is 3. The Morgan fingerprint density at radius 2 is 1.78 bits per heavy atom. The van der Waals surface area contributed by atoms with Crippen LogP contribution in [-0.2, 0) is 9.59 Å². The minimum absolute atomic E-state index is 0.173. The number of Topliss-reactive ketones (excluding diaryl/α,β-unsaturated/α-hetero) is 1. The van der Waals surface area contributed by atoms with E-state index in [1.165, 1.54) is 12.5 Å². The van der Waals surface area contributed by atoms with Crippen molar-refractivity contribution >= 4 is 17.8 Å². The molecule has 146 valence electrons. The average molecular weight is 371 g/mol. The molecule has 0 bridgehead atoms. The molecule has 1 unspecified atom stereocenters. The summed E-state index contributed by atoms with van der Waals surface area (Å²) in [5.74, 6) is -0.0312. The van der Waals surface area contributed by atoms with Crippen molar-refractivity contribution in [2.24, 2.45) is 5.92 Å². The summed E-state index contributed by atoms with van der Waals surface area (Å²) in [5.41, 5.74) is 3.45. The van der Waals surface area contributed by atoms with Crippen LogP contribution < -0.4 is 10.8 Å². The van der Waals surface area contributed by atoms with Gasteiger partial charge in [0.15, 0.2) is 5.78 Å². The van der Waals surface area contributed by atoms with Crippen molar-refractivity contribution in [3.8, 4) is 0 Å². The number of carbonyl (C=O) groups is 2. The van der Waals surface area contributed by atoms with Crippen LogP contribution in [0, 0.1) is 5.92 Å². The van der Waals surface area contributed by atoms with Gasteiger partial charge in [0.1, 0.15) is 0 Å². The van der Waals surface area contributed by atoms with Gasteiger partial charge in [-0.1, -0.05) is 43.5 Å². The molecule has 1 aromatic carbocycles. The lowest BCUT2D eigenvalue weighted by Crippen LogP contribution is -2.48. The number of nitrogens with one attached hydrogen (secondary N) is 2. The van der Waals surface area contributed by atoms with Crippen LogP contribution in [0.4, 0.5) is 0 Å². The Balaban J connectivity index is 1.80. The Morgan fingerprint density at radius 1 is 1.11 bits per heavy atom. The van der Waals surface area contributed by atoms with Crippen molar-refractivity contribution in [3.05, 3.63) is 41.5 Å². The largest absolute Gasteiger partial charge is 0.314 e. The maximum absolute atomic E-state index is 13.4. The number of nitrogens with zero attached hydrogens (tertiary/aromatic N) is 1. The van der Waals surface area contributed by atoms with Gasteiger partial charge in [-0.05, 0) is 30.0 Å². The van der Waals surface area contributed by atoms with Crippen LogP contribution in [0.1, 0.15) is 49.3 Å².